The molecule has 118 valence electrons. The van der Waals surface area contributed by atoms with Gasteiger partial charge >= 0.3 is 5.97 Å². The maximum absolute atomic E-state index is 11.6. The molecule has 0 aromatic heterocycles. The van der Waals surface area contributed by atoms with Gasteiger partial charge < -0.3 is 14.8 Å². The standard InChI is InChI=1S/C17H27NO3/c1-12(2)9-18-10-15-8-6-7-14(5)17(15)20-11-16(19)21-13(3)4/h6-8,12-13,18H,9-11H2,1-5H3. The molecular weight excluding hydrogens is 266 g/mol. The van der Waals surface area contributed by atoms with Gasteiger partial charge in [0.25, 0.3) is 0 Å². The summed E-state index contributed by atoms with van der Waals surface area (Å²) in [6.45, 7) is 11.6. The van der Waals surface area contributed by atoms with E-state index < -0.39 is 0 Å². The highest BCUT2D eigenvalue weighted by Crippen LogP contribution is 2.23. The molecule has 1 N–H and O–H groups in total. The lowest BCUT2D eigenvalue weighted by Gasteiger charge is -2.15. The Labute approximate surface area is 127 Å². The molecule has 0 saturated heterocycles. The van der Waals surface area contributed by atoms with E-state index in [1.807, 2.05) is 39.0 Å². The van der Waals surface area contributed by atoms with Crippen molar-refractivity contribution in [2.45, 2.75) is 47.3 Å². The van der Waals surface area contributed by atoms with E-state index in [4.69, 9.17) is 9.47 Å². The van der Waals surface area contributed by atoms with Crippen LogP contribution in [0.1, 0.15) is 38.8 Å². The van der Waals surface area contributed by atoms with Crippen LogP contribution in [0.15, 0.2) is 18.2 Å². The molecule has 0 saturated carbocycles. The number of carbonyl (C=O) groups is 1. The second-order valence-corrected chi connectivity index (χ2v) is 5.92. The van der Waals surface area contributed by atoms with Crippen LogP contribution in [0.4, 0.5) is 0 Å². The third kappa shape index (κ3) is 6.63. The molecule has 0 aliphatic carbocycles. The number of esters is 1. The van der Waals surface area contributed by atoms with Crippen LogP contribution in [0.3, 0.4) is 0 Å². The van der Waals surface area contributed by atoms with Crippen molar-refractivity contribution in [1.29, 1.82) is 0 Å². The zero-order valence-electron chi connectivity index (χ0n) is 13.7. The number of aryl methyl sites for hydroxylation is 1. The van der Waals surface area contributed by atoms with Crippen LogP contribution in [0.25, 0.3) is 0 Å². The number of para-hydroxylation sites is 1. The van der Waals surface area contributed by atoms with Crippen LogP contribution in [-0.4, -0.2) is 25.2 Å². The third-order valence-electron chi connectivity index (χ3n) is 2.86. The van der Waals surface area contributed by atoms with Gasteiger partial charge in [0.05, 0.1) is 6.10 Å². The van der Waals surface area contributed by atoms with Gasteiger partial charge in [0.2, 0.25) is 0 Å². The highest BCUT2D eigenvalue weighted by molar-refractivity contribution is 5.71. The van der Waals surface area contributed by atoms with E-state index in [2.05, 4.69) is 19.2 Å². The predicted molar refractivity (Wildman–Crippen MR) is 84.4 cm³/mol. The Bertz CT molecular complexity index is 455. The second-order valence-electron chi connectivity index (χ2n) is 5.92. The van der Waals surface area contributed by atoms with Gasteiger partial charge in [-0.15, -0.1) is 0 Å². The summed E-state index contributed by atoms with van der Waals surface area (Å²) in [7, 11) is 0. The molecule has 0 aliphatic heterocycles. The first kappa shape index (κ1) is 17.5. The van der Waals surface area contributed by atoms with Gasteiger partial charge in [-0.3, -0.25) is 0 Å². The highest BCUT2D eigenvalue weighted by atomic mass is 16.6. The molecule has 1 aromatic carbocycles. The smallest absolute Gasteiger partial charge is 0.344 e. The number of ether oxygens (including phenoxy) is 2. The first-order valence-electron chi connectivity index (χ1n) is 7.51. The predicted octanol–water partition coefficient (Wildman–Crippen LogP) is 3.07. The zero-order chi connectivity index (χ0) is 15.8. The van der Waals surface area contributed by atoms with E-state index in [0.29, 0.717) is 5.92 Å². The molecule has 0 radical (unpaired) electrons. The van der Waals surface area contributed by atoms with E-state index >= 15 is 0 Å². The maximum atomic E-state index is 11.6. The first-order chi connectivity index (χ1) is 9.90. The lowest BCUT2D eigenvalue weighted by atomic mass is 10.1. The Morgan fingerprint density at radius 3 is 2.57 bits per heavy atom. The SMILES string of the molecule is Cc1cccc(CNCC(C)C)c1OCC(=O)OC(C)C. The Balaban J connectivity index is 2.64. The second kappa shape index (κ2) is 8.67. The molecule has 0 aliphatic rings. The summed E-state index contributed by atoms with van der Waals surface area (Å²) in [6.07, 6.45) is -0.120. The molecular formula is C17H27NO3. The normalized spacial score (nSPS) is 11.0. The number of rotatable bonds is 8. The first-order valence-corrected chi connectivity index (χ1v) is 7.51. The molecule has 0 fully saturated rings. The summed E-state index contributed by atoms with van der Waals surface area (Å²) in [5.74, 6) is 1.03. The van der Waals surface area contributed by atoms with Crippen LogP contribution in [-0.2, 0) is 16.1 Å². The molecule has 0 amide bonds. The van der Waals surface area contributed by atoms with Gasteiger partial charge in [-0.25, -0.2) is 4.79 Å². The average molecular weight is 293 g/mol. The lowest BCUT2D eigenvalue weighted by Crippen LogP contribution is -2.21. The summed E-state index contributed by atoms with van der Waals surface area (Å²) in [4.78, 5) is 11.6. The fraction of sp³-hybridized carbons (Fsp3) is 0.588. The van der Waals surface area contributed by atoms with Crippen molar-refractivity contribution in [2.24, 2.45) is 5.92 Å². The summed E-state index contributed by atoms with van der Waals surface area (Å²) >= 11 is 0. The minimum atomic E-state index is -0.339. The maximum Gasteiger partial charge on any atom is 0.344 e. The zero-order valence-corrected chi connectivity index (χ0v) is 13.7. The molecule has 1 aromatic rings. The molecule has 0 heterocycles. The summed E-state index contributed by atoms with van der Waals surface area (Å²) < 4.78 is 10.8. The number of benzene rings is 1. The van der Waals surface area contributed by atoms with Gasteiger partial charge in [0.15, 0.2) is 6.61 Å². The average Bonchev–Trinajstić information content (AvgIpc) is 2.36. The topological polar surface area (TPSA) is 47.6 Å². The van der Waals surface area contributed by atoms with Gasteiger partial charge in [0.1, 0.15) is 5.75 Å². The largest absolute Gasteiger partial charge is 0.481 e. The lowest BCUT2D eigenvalue weighted by molar-refractivity contribution is -0.149. The van der Waals surface area contributed by atoms with Crippen molar-refractivity contribution in [3.05, 3.63) is 29.3 Å². The minimum Gasteiger partial charge on any atom is -0.481 e. The molecule has 4 heteroatoms. The Morgan fingerprint density at radius 1 is 1.24 bits per heavy atom. The number of hydrogen-bond acceptors (Lipinski definition) is 4. The Kier molecular flexibility index (Phi) is 7.23. The van der Waals surface area contributed by atoms with Crippen LogP contribution >= 0.6 is 0 Å². The minimum absolute atomic E-state index is 0.0553. The molecule has 0 spiro atoms. The number of carbonyl (C=O) groups excluding carboxylic acids is 1. The number of nitrogens with one attached hydrogen (secondary N) is 1. The fourth-order valence-corrected chi connectivity index (χ4v) is 1.98. The van der Waals surface area contributed by atoms with Crippen LogP contribution in [0.2, 0.25) is 0 Å². The van der Waals surface area contributed by atoms with Crippen molar-refractivity contribution in [3.63, 3.8) is 0 Å². The Morgan fingerprint density at radius 2 is 1.95 bits per heavy atom. The molecule has 0 bridgehead atoms. The van der Waals surface area contributed by atoms with Crippen LogP contribution < -0.4 is 10.1 Å². The van der Waals surface area contributed by atoms with Gasteiger partial charge in [-0.2, -0.15) is 0 Å². The number of hydrogen-bond donors (Lipinski definition) is 1. The third-order valence-corrected chi connectivity index (χ3v) is 2.86. The van der Waals surface area contributed by atoms with Gasteiger partial charge in [-0.1, -0.05) is 32.0 Å². The molecule has 1 rings (SSSR count). The van der Waals surface area contributed by atoms with Crippen molar-refractivity contribution in [1.82, 2.24) is 5.32 Å². The fourth-order valence-electron chi connectivity index (χ4n) is 1.98. The van der Waals surface area contributed by atoms with E-state index in [9.17, 15) is 4.79 Å². The quantitative estimate of drug-likeness (QED) is 0.748. The van der Waals surface area contributed by atoms with Crippen molar-refractivity contribution < 1.29 is 14.3 Å². The summed E-state index contributed by atoms with van der Waals surface area (Å²) in [6, 6.07) is 6.00. The van der Waals surface area contributed by atoms with Crippen LogP contribution in [0, 0.1) is 12.8 Å². The van der Waals surface area contributed by atoms with Gasteiger partial charge in [0, 0.05) is 12.1 Å². The molecule has 4 nitrogen and oxygen atoms in total. The summed E-state index contributed by atoms with van der Waals surface area (Å²) in [5, 5.41) is 3.39. The van der Waals surface area contributed by atoms with Crippen molar-refractivity contribution >= 4 is 5.97 Å². The highest BCUT2D eigenvalue weighted by Gasteiger charge is 2.11. The van der Waals surface area contributed by atoms with Crippen molar-refractivity contribution in [3.8, 4) is 5.75 Å². The van der Waals surface area contributed by atoms with Gasteiger partial charge in [-0.05, 0) is 38.8 Å². The summed E-state index contributed by atoms with van der Waals surface area (Å²) in [5.41, 5.74) is 2.09. The molecule has 21 heavy (non-hydrogen) atoms. The molecule has 0 unspecified atom stereocenters. The Hall–Kier alpha value is -1.55. The van der Waals surface area contributed by atoms with Crippen molar-refractivity contribution in [2.75, 3.05) is 13.2 Å². The van der Waals surface area contributed by atoms with E-state index in [1.165, 1.54) is 0 Å². The monoisotopic (exact) mass is 293 g/mol. The van der Waals surface area contributed by atoms with Crippen LogP contribution in [0.5, 0.6) is 5.75 Å². The van der Waals surface area contributed by atoms with E-state index in [-0.39, 0.29) is 18.7 Å². The van der Waals surface area contributed by atoms with E-state index in [0.717, 1.165) is 30.0 Å². The molecule has 0 atom stereocenters. The van der Waals surface area contributed by atoms with E-state index in [1.54, 1.807) is 0 Å².